The van der Waals surface area contributed by atoms with E-state index in [4.69, 9.17) is 9.47 Å². The Morgan fingerprint density at radius 2 is 1.60 bits per heavy atom. The molecular formula is C17H18O3. The van der Waals surface area contributed by atoms with Crippen molar-refractivity contribution in [3.63, 3.8) is 0 Å². The van der Waals surface area contributed by atoms with Crippen molar-refractivity contribution >= 4 is 5.78 Å². The number of hydrogen-bond acceptors (Lipinski definition) is 3. The summed E-state index contributed by atoms with van der Waals surface area (Å²) in [6.45, 7) is 4.36. The van der Waals surface area contributed by atoms with E-state index in [1.165, 1.54) is 0 Å². The first kappa shape index (κ1) is 14.3. The van der Waals surface area contributed by atoms with Crippen molar-refractivity contribution < 1.29 is 14.3 Å². The zero-order chi connectivity index (χ0) is 14.4. The van der Waals surface area contributed by atoms with E-state index >= 15 is 0 Å². The summed E-state index contributed by atoms with van der Waals surface area (Å²) in [4.78, 5) is 12.2. The van der Waals surface area contributed by atoms with E-state index in [2.05, 4.69) is 0 Å². The molecule has 0 saturated carbocycles. The van der Waals surface area contributed by atoms with Crippen molar-refractivity contribution in [1.29, 1.82) is 0 Å². The summed E-state index contributed by atoms with van der Waals surface area (Å²) < 4.78 is 10.9. The standard InChI is InChI=1S/C17H18O3/c1-3-19-13(2)20-16-11-9-15(10-12-16)17(18)14-7-5-4-6-8-14/h4-13H,3H2,1-2H3. The summed E-state index contributed by atoms with van der Waals surface area (Å²) in [6, 6.07) is 16.3. The van der Waals surface area contributed by atoms with Gasteiger partial charge >= 0.3 is 0 Å². The summed E-state index contributed by atoms with van der Waals surface area (Å²) >= 11 is 0. The molecule has 3 nitrogen and oxygen atoms in total. The zero-order valence-corrected chi connectivity index (χ0v) is 11.7. The van der Waals surface area contributed by atoms with E-state index < -0.39 is 0 Å². The predicted molar refractivity (Wildman–Crippen MR) is 78.0 cm³/mol. The molecule has 0 spiro atoms. The lowest BCUT2D eigenvalue weighted by Crippen LogP contribution is -2.15. The second-order valence-electron chi connectivity index (χ2n) is 4.36. The Morgan fingerprint density at radius 3 is 2.20 bits per heavy atom. The van der Waals surface area contributed by atoms with Crippen LogP contribution in [0.25, 0.3) is 0 Å². The fourth-order valence-corrected chi connectivity index (χ4v) is 1.90. The van der Waals surface area contributed by atoms with Crippen molar-refractivity contribution in [2.75, 3.05) is 6.61 Å². The molecule has 0 aromatic heterocycles. The van der Waals surface area contributed by atoms with Crippen molar-refractivity contribution in [2.24, 2.45) is 0 Å². The molecule has 2 aromatic rings. The molecule has 0 fully saturated rings. The first-order valence-electron chi connectivity index (χ1n) is 6.68. The number of ether oxygens (including phenoxy) is 2. The Bertz CT molecular complexity index is 546. The number of ketones is 1. The smallest absolute Gasteiger partial charge is 0.196 e. The molecule has 0 saturated heterocycles. The minimum atomic E-state index is -0.296. The average molecular weight is 270 g/mol. The van der Waals surface area contributed by atoms with Gasteiger partial charge in [-0.1, -0.05) is 30.3 Å². The molecule has 104 valence electrons. The van der Waals surface area contributed by atoms with Crippen LogP contribution in [0.2, 0.25) is 0 Å². The molecule has 20 heavy (non-hydrogen) atoms. The molecule has 1 atom stereocenters. The number of carbonyl (C=O) groups is 1. The fraction of sp³-hybridized carbons (Fsp3) is 0.235. The largest absolute Gasteiger partial charge is 0.465 e. The van der Waals surface area contributed by atoms with Gasteiger partial charge in [-0.05, 0) is 38.1 Å². The highest BCUT2D eigenvalue weighted by molar-refractivity contribution is 6.08. The van der Waals surface area contributed by atoms with Gasteiger partial charge in [-0.25, -0.2) is 0 Å². The van der Waals surface area contributed by atoms with Crippen molar-refractivity contribution in [3.05, 3.63) is 65.7 Å². The van der Waals surface area contributed by atoms with Gasteiger partial charge in [0.25, 0.3) is 0 Å². The lowest BCUT2D eigenvalue weighted by atomic mass is 10.0. The summed E-state index contributed by atoms with van der Waals surface area (Å²) in [7, 11) is 0. The summed E-state index contributed by atoms with van der Waals surface area (Å²) in [6.07, 6.45) is -0.296. The second-order valence-corrected chi connectivity index (χ2v) is 4.36. The van der Waals surface area contributed by atoms with Gasteiger partial charge in [-0.2, -0.15) is 0 Å². The Labute approximate surface area is 119 Å². The highest BCUT2D eigenvalue weighted by atomic mass is 16.7. The molecule has 0 radical (unpaired) electrons. The van der Waals surface area contributed by atoms with E-state index in [0.29, 0.717) is 23.5 Å². The number of carbonyl (C=O) groups excluding carboxylic acids is 1. The molecule has 1 unspecified atom stereocenters. The first-order valence-corrected chi connectivity index (χ1v) is 6.68. The molecule has 0 aliphatic heterocycles. The normalized spacial score (nSPS) is 11.9. The summed E-state index contributed by atoms with van der Waals surface area (Å²) in [5, 5.41) is 0. The fourth-order valence-electron chi connectivity index (χ4n) is 1.90. The third kappa shape index (κ3) is 3.68. The predicted octanol–water partition coefficient (Wildman–Crippen LogP) is 3.68. The van der Waals surface area contributed by atoms with Crippen LogP contribution >= 0.6 is 0 Å². The zero-order valence-electron chi connectivity index (χ0n) is 11.7. The van der Waals surface area contributed by atoms with E-state index in [-0.39, 0.29) is 12.1 Å². The van der Waals surface area contributed by atoms with Gasteiger partial charge in [0.05, 0.1) is 0 Å². The second kappa shape index (κ2) is 6.87. The van der Waals surface area contributed by atoms with Gasteiger partial charge < -0.3 is 9.47 Å². The number of rotatable bonds is 6. The van der Waals surface area contributed by atoms with E-state index in [1.54, 1.807) is 24.3 Å². The molecule has 0 heterocycles. The maximum Gasteiger partial charge on any atom is 0.196 e. The lowest BCUT2D eigenvalue weighted by molar-refractivity contribution is -0.0613. The molecule has 0 bridgehead atoms. The maximum atomic E-state index is 12.2. The SMILES string of the molecule is CCOC(C)Oc1ccc(C(=O)c2ccccc2)cc1. The monoisotopic (exact) mass is 270 g/mol. The minimum Gasteiger partial charge on any atom is -0.465 e. The summed E-state index contributed by atoms with van der Waals surface area (Å²) in [5.41, 5.74) is 1.33. The third-order valence-corrected chi connectivity index (χ3v) is 2.86. The van der Waals surface area contributed by atoms with Gasteiger partial charge in [-0.15, -0.1) is 0 Å². The van der Waals surface area contributed by atoms with Crippen LogP contribution in [0, 0.1) is 0 Å². The third-order valence-electron chi connectivity index (χ3n) is 2.86. The van der Waals surface area contributed by atoms with Gasteiger partial charge in [0.15, 0.2) is 12.1 Å². The molecule has 3 heteroatoms. The van der Waals surface area contributed by atoms with Crippen LogP contribution in [0.15, 0.2) is 54.6 Å². The first-order chi connectivity index (χ1) is 9.70. The molecular weight excluding hydrogens is 252 g/mol. The highest BCUT2D eigenvalue weighted by Gasteiger charge is 2.09. The highest BCUT2D eigenvalue weighted by Crippen LogP contribution is 2.16. The van der Waals surface area contributed by atoms with Crippen LogP contribution in [0.3, 0.4) is 0 Å². The van der Waals surface area contributed by atoms with Crippen molar-refractivity contribution in [2.45, 2.75) is 20.1 Å². The summed E-state index contributed by atoms with van der Waals surface area (Å²) in [5.74, 6) is 0.700. The van der Waals surface area contributed by atoms with Crippen molar-refractivity contribution in [1.82, 2.24) is 0 Å². The molecule has 0 amide bonds. The quantitative estimate of drug-likeness (QED) is 0.593. The van der Waals surface area contributed by atoms with Gasteiger partial charge in [0, 0.05) is 17.7 Å². The minimum absolute atomic E-state index is 0.00927. The van der Waals surface area contributed by atoms with Crippen LogP contribution in [-0.4, -0.2) is 18.7 Å². The number of benzene rings is 2. The number of hydrogen-bond donors (Lipinski definition) is 0. The van der Waals surface area contributed by atoms with Gasteiger partial charge in [0.1, 0.15) is 5.75 Å². The Kier molecular flexibility index (Phi) is 4.91. The molecule has 2 rings (SSSR count). The van der Waals surface area contributed by atoms with E-state index in [1.807, 2.05) is 44.2 Å². The average Bonchev–Trinajstić information content (AvgIpc) is 2.48. The van der Waals surface area contributed by atoms with Gasteiger partial charge in [-0.3, -0.25) is 4.79 Å². The molecule has 0 aliphatic rings. The maximum absolute atomic E-state index is 12.2. The Hall–Kier alpha value is -2.13. The Balaban J connectivity index is 2.07. The van der Waals surface area contributed by atoms with E-state index in [9.17, 15) is 4.79 Å². The van der Waals surface area contributed by atoms with Crippen molar-refractivity contribution in [3.8, 4) is 5.75 Å². The molecule has 0 aliphatic carbocycles. The Morgan fingerprint density at radius 1 is 1.00 bits per heavy atom. The topological polar surface area (TPSA) is 35.5 Å². The molecule has 2 aromatic carbocycles. The molecule has 0 N–H and O–H groups in total. The van der Waals surface area contributed by atoms with Crippen LogP contribution in [0.1, 0.15) is 29.8 Å². The lowest BCUT2D eigenvalue weighted by Gasteiger charge is -2.14. The van der Waals surface area contributed by atoms with Crippen LogP contribution < -0.4 is 4.74 Å². The van der Waals surface area contributed by atoms with E-state index in [0.717, 1.165) is 0 Å². The van der Waals surface area contributed by atoms with Gasteiger partial charge in [0.2, 0.25) is 0 Å². The van der Waals surface area contributed by atoms with Crippen LogP contribution in [0.4, 0.5) is 0 Å². The van der Waals surface area contributed by atoms with Crippen LogP contribution in [0.5, 0.6) is 5.75 Å². The van der Waals surface area contributed by atoms with Crippen LogP contribution in [-0.2, 0) is 4.74 Å².